The number of methoxy groups -OCH3 is 2. The molecule has 0 saturated carbocycles. The molecular formula is C25H23NO5S. The summed E-state index contributed by atoms with van der Waals surface area (Å²) in [7, 11) is 3.11. The lowest BCUT2D eigenvalue weighted by Crippen LogP contribution is -2.29. The Hall–Kier alpha value is -3.58. The number of ether oxygens (including phenoxy) is 2. The van der Waals surface area contributed by atoms with Gasteiger partial charge in [-0.25, -0.2) is 0 Å². The van der Waals surface area contributed by atoms with Crippen LogP contribution in [0.5, 0.6) is 11.5 Å². The van der Waals surface area contributed by atoms with Crippen molar-refractivity contribution >= 4 is 34.5 Å². The van der Waals surface area contributed by atoms with Crippen LogP contribution in [0, 0.1) is 13.8 Å². The van der Waals surface area contributed by atoms with E-state index < -0.39 is 17.7 Å². The molecule has 1 aliphatic heterocycles. The molecule has 4 rings (SSSR count). The standard InChI is InChI=1S/C25H23NO5S/c1-14-10-11-32-24(14)21-20(22(27)19-9-8-18(31-4)12-15(19)2)23(28)25(29)26(21)16-6-5-7-17(13-16)30-3/h5-13,21,27H,1-4H3/b22-20+. The molecule has 1 N–H and O–H groups in total. The Morgan fingerprint density at radius 2 is 1.69 bits per heavy atom. The summed E-state index contributed by atoms with van der Waals surface area (Å²) in [5.74, 6) is -0.410. The zero-order chi connectivity index (χ0) is 23.0. The van der Waals surface area contributed by atoms with E-state index in [9.17, 15) is 14.7 Å². The number of carbonyl (C=O) groups excluding carboxylic acids is 2. The van der Waals surface area contributed by atoms with E-state index in [0.29, 0.717) is 22.7 Å². The molecule has 1 amide bonds. The zero-order valence-electron chi connectivity index (χ0n) is 18.2. The normalized spacial score (nSPS) is 17.6. The highest BCUT2D eigenvalue weighted by molar-refractivity contribution is 7.10. The van der Waals surface area contributed by atoms with Crippen LogP contribution in [0.1, 0.15) is 27.6 Å². The fourth-order valence-electron chi connectivity index (χ4n) is 3.95. The van der Waals surface area contributed by atoms with Crippen LogP contribution in [-0.4, -0.2) is 31.0 Å². The van der Waals surface area contributed by atoms with Crippen molar-refractivity contribution in [3.05, 3.63) is 81.1 Å². The fraction of sp³-hybridized carbons (Fsp3) is 0.200. The van der Waals surface area contributed by atoms with Crippen molar-refractivity contribution in [1.82, 2.24) is 0 Å². The number of hydrogen-bond acceptors (Lipinski definition) is 6. The Morgan fingerprint density at radius 3 is 2.31 bits per heavy atom. The minimum absolute atomic E-state index is 0.0663. The topological polar surface area (TPSA) is 76.1 Å². The molecular weight excluding hydrogens is 426 g/mol. The summed E-state index contributed by atoms with van der Waals surface area (Å²) in [4.78, 5) is 28.7. The van der Waals surface area contributed by atoms with Gasteiger partial charge in [0.15, 0.2) is 0 Å². The molecule has 0 aliphatic carbocycles. The minimum Gasteiger partial charge on any atom is -0.507 e. The van der Waals surface area contributed by atoms with E-state index in [0.717, 1.165) is 16.0 Å². The number of aliphatic hydroxyl groups is 1. The Balaban J connectivity index is 1.95. The fourth-order valence-corrected chi connectivity index (χ4v) is 4.97. The maximum atomic E-state index is 13.2. The van der Waals surface area contributed by atoms with Crippen molar-refractivity contribution in [3.63, 3.8) is 0 Å². The van der Waals surface area contributed by atoms with E-state index in [1.165, 1.54) is 16.2 Å². The second-order valence-corrected chi connectivity index (χ2v) is 8.47. The van der Waals surface area contributed by atoms with Crippen molar-refractivity contribution < 1.29 is 24.2 Å². The van der Waals surface area contributed by atoms with Gasteiger partial charge in [0, 0.05) is 22.2 Å². The lowest BCUT2D eigenvalue weighted by molar-refractivity contribution is -0.132. The van der Waals surface area contributed by atoms with Gasteiger partial charge in [0.2, 0.25) is 0 Å². The summed E-state index contributed by atoms with van der Waals surface area (Å²) in [5, 5.41) is 13.2. The van der Waals surface area contributed by atoms with Crippen LogP contribution in [0.25, 0.3) is 5.76 Å². The summed E-state index contributed by atoms with van der Waals surface area (Å²) in [6, 6.07) is 13.4. The van der Waals surface area contributed by atoms with Crippen LogP contribution in [0.15, 0.2) is 59.5 Å². The number of thiophene rings is 1. The monoisotopic (exact) mass is 449 g/mol. The van der Waals surface area contributed by atoms with E-state index in [1.807, 2.05) is 25.3 Å². The smallest absolute Gasteiger partial charge is 0.300 e. The van der Waals surface area contributed by atoms with Crippen LogP contribution in [-0.2, 0) is 9.59 Å². The van der Waals surface area contributed by atoms with Crippen molar-refractivity contribution in [1.29, 1.82) is 0 Å². The highest BCUT2D eigenvalue weighted by Gasteiger charge is 2.48. The first-order valence-electron chi connectivity index (χ1n) is 10.0. The molecule has 1 unspecified atom stereocenters. The minimum atomic E-state index is -0.747. The van der Waals surface area contributed by atoms with Gasteiger partial charge in [-0.3, -0.25) is 14.5 Å². The predicted molar refractivity (Wildman–Crippen MR) is 125 cm³/mol. The number of ketones is 1. The molecule has 3 aromatic rings. The van der Waals surface area contributed by atoms with Crippen LogP contribution in [0.3, 0.4) is 0 Å². The molecule has 32 heavy (non-hydrogen) atoms. The highest BCUT2D eigenvalue weighted by atomic mass is 32.1. The second-order valence-electron chi connectivity index (χ2n) is 7.52. The summed E-state index contributed by atoms with van der Waals surface area (Å²) in [6.07, 6.45) is 0. The van der Waals surface area contributed by atoms with Gasteiger partial charge < -0.3 is 14.6 Å². The molecule has 1 saturated heterocycles. The number of aryl methyl sites for hydroxylation is 2. The van der Waals surface area contributed by atoms with Gasteiger partial charge in [0.25, 0.3) is 11.7 Å². The Labute approximate surface area is 190 Å². The maximum absolute atomic E-state index is 13.2. The number of hydrogen-bond donors (Lipinski definition) is 1. The molecule has 0 radical (unpaired) electrons. The molecule has 0 spiro atoms. The van der Waals surface area contributed by atoms with E-state index in [2.05, 4.69) is 0 Å². The number of amides is 1. The van der Waals surface area contributed by atoms with Crippen molar-refractivity contribution in [2.75, 3.05) is 19.1 Å². The molecule has 164 valence electrons. The van der Waals surface area contributed by atoms with E-state index in [-0.39, 0.29) is 11.3 Å². The third-order valence-electron chi connectivity index (χ3n) is 5.61. The molecule has 6 nitrogen and oxygen atoms in total. The van der Waals surface area contributed by atoms with Gasteiger partial charge in [0.1, 0.15) is 23.3 Å². The quantitative estimate of drug-likeness (QED) is 0.337. The number of nitrogens with zero attached hydrogens (tertiary/aromatic N) is 1. The molecule has 1 fully saturated rings. The first kappa shape index (κ1) is 21.6. The molecule has 1 atom stereocenters. The molecule has 2 heterocycles. The molecule has 1 aliphatic rings. The number of rotatable bonds is 5. The van der Waals surface area contributed by atoms with Gasteiger partial charge in [-0.05, 0) is 66.8 Å². The molecule has 7 heteroatoms. The lowest BCUT2D eigenvalue weighted by Gasteiger charge is -2.25. The number of aliphatic hydroxyl groups excluding tert-OH is 1. The van der Waals surface area contributed by atoms with E-state index >= 15 is 0 Å². The Bertz CT molecular complexity index is 1240. The second kappa shape index (κ2) is 8.51. The summed E-state index contributed by atoms with van der Waals surface area (Å²) < 4.78 is 10.6. The van der Waals surface area contributed by atoms with Gasteiger partial charge >= 0.3 is 0 Å². The van der Waals surface area contributed by atoms with Crippen molar-refractivity contribution in [2.45, 2.75) is 19.9 Å². The van der Waals surface area contributed by atoms with Gasteiger partial charge in [-0.2, -0.15) is 0 Å². The SMILES string of the molecule is COc1cccc(N2C(=O)C(=O)/C(=C(/O)c3ccc(OC)cc3C)C2c2sccc2C)c1. The van der Waals surface area contributed by atoms with Gasteiger partial charge in [0.05, 0.1) is 19.8 Å². The average molecular weight is 450 g/mol. The summed E-state index contributed by atoms with van der Waals surface area (Å²) in [5.41, 5.74) is 2.74. The Kier molecular flexibility index (Phi) is 5.76. The molecule has 1 aromatic heterocycles. The third-order valence-corrected chi connectivity index (χ3v) is 6.69. The highest BCUT2D eigenvalue weighted by Crippen LogP contribution is 2.45. The Morgan fingerprint density at radius 1 is 0.969 bits per heavy atom. The van der Waals surface area contributed by atoms with Gasteiger partial charge in [-0.15, -0.1) is 11.3 Å². The predicted octanol–water partition coefficient (Wildman–Crippen LogP) is 5.01. The maximum Gasteiger partial charge on any atom is 0.300 e. The first-order valence-corrected chi connectivity index (χ1v) is 10.9. The number of Topliss-reactive ketones (excluding diaryl/α,β-unsaturated/α-hetero) is 1. The van der Waals surface area contributed by atoms with Gasteiger partial charge in [-0.1, -0.05) is 6.07 Å². The average Bonchev–Trinajstić information content (AvgIpc) is 3.33. The largest absolute Gasteiger partial charge is 0.507 e. The number of anilines is 1. The summed E-state index contributed by atoms with van der Waals surface area (Å²) in [6.45, 7) is 3.75. The number of carbonyl (C=O) groups is 2. The zero-order valence-corrected chi connectivity index (χ0v) is 19.0. The van der Waals surface area contributed by atoms with Crippen LogP contribution < -0.4 is 14.4 Å². The van der Waals surface area contributed by atoms with Crippen molar-refractivity contribution in [3.8, 4) is 11.5 Å². The van der Waals surface area contributed by atoms with Crippen LogP contribution >= 0.6 is 11.3 Å². The van der Waals surface area contributed by atoms with Crippen LogP contribution in [0.4, 0.5) is 5.69 Å². The first-order chi connectivity index (χ1) is 15.4. The van der Waals surface area contributed by atoms with Crippen molar-refractivity contribution in [2.24, 2.45) is 0 Å². The van der Waals surface area contributed by atoms with E-state index in [1.54, 1.807) is 56.7 Å². The molecule has 2 aromatic carbocycles. The lowest BCUT2D eigenvalue weighted by atomic mass is 9.96. The summed E-state index contributed by atoms with van der Waals surface area (Å²) >= 11 is 1.44. The van der Waals surface area contributed by atoms with E-state index in [4.69, 9.17) is 9.47 Å². The third kappa shape index (κ3) is 3.54. The van der Waals surface area contributed by atoms with Crippen LogP contribution in [0.2, 0.25) is 0 Å². The number of benzene rings is 2. The molecule has 0 bridgehead atoms.